The van der Waals surface area contributed by atoms with E-state index >= 15 is 0 Å². The van der Waals surface area contributed by atoms with E-state index in [1.54, 1.807) is 13.8 Å². The largest absolute Gasteiger partial charge is 0.486 e. The van der Waals surface area contributed by atoms with Gasteiger partial charge in [-0.25, -0.2) is 9.97 Å². The summed E-state index contributed by atoms with van der Waals surface area (Å²) < 4.78 is 57.8. The topological polar surface area (TPSA) is 91.5 Å². The van der Waals surface area contributed by atoms with Crippen LogP contribution in [0.3, 0.4) is 0 Å². The first kappa shape index (κ1) is 23.5. The van der Waals surface area contributed by atoms with Crippen LogP contribution >= 0.6 is 0 Å². The van der Waals surface area contributed by atoms with Crippen LogP contribution in [-0.4, -0.2) is 35.4 Å². The first-order chi connectivity index (χ1) is 16.6. The molecule has 3 aromatic rings. The zero-order valence-corrected chi connectivity index (χ0v) is 19.7. The van der Waals surface area contributed by atoms with Gasteiger partial charge in [0.1, 0.15) is 23.9 Å². The zero-order chi connectivity index (χ0) is 24.9. The number of nitrogen functional groups attached to an aromatic ring is 1. The SMILES string of the molecule is Cc1nc(NC(C)c2cc(N)cc(C(F)(F)F)c2)c2cc(O[C@H]3CCOC3)c3c(c2n1)CC(C)O3. The van der Waals surface area contributed by atoms with Gasteiger partial charge in [0.2, 0.25) is 0 Å². The fraction of sp³-hybridized carbons (Fsp3) is 0.440. The molecule has 7 nitrogen and oxygen atoms in total. The molecule has 0 amide bonds. The molecule has 1 fully saturated rings. The number of hydrogen-bond donors (Lipinski definition) is 2. The van der Waals surface area contributed by atoms with E-state index in [1.807, 2.05) is 13.0 Å². The second-order valence-electron chi connectivity index (χ2n) is 9.19. The van der Waals surface area contributed by atoms with E-state index in [4.69, 9.17) is 19.9 Å². The minimum atomic E-state index is -4.49. The Bertz CT molecular complexity index is 1280. The Kier molecular flexibility index (Phi) is 5.86. The zero-order valence-electron chi connectivity index (χ0n) is 19.7. The lowest BCUT2D eigenvalue weighted by Crippen LogP contribution is -2.16. The summed E-state index contributed by atoms with van der Waals surface area (Å²) >= 11 is 0. The van der Waals surface area contributed by atoms with Crippen molar-refractivity contribution in [3.8, 4) is 11.5 Å². The third-order valence-corrected chi connectivity index (χ3v) is 6.27. The number of benzene rings is 2. The average molecular weight is 489 g/mol. The van der Waals surface area contributed by atoms with Gasteiger partial charge in [0, 0.05) is 29.5 Å². The van der Waals surface area contributed by atoms with Gasteiger partial charge >= 0.3 is 6.18 Å². The molecule has 3 N–H and O–H groups in total. The Labute approximate surface area is 200 Å². The maximum atomic E-state index is 13.3. The fourth-order valence-electron chi connectivity index (χ4n) is 4.61. The molecule has 0 bridgehead atoms. The molecule has 3 atom stereocenters. The van der Waals surface area contributed by atoms with Crippen molar-refractivity contribution in [2.45, 2.75) is 58.0 Å². The maximum Gasteiger partial charge on any atom is 0.416 e. The molecule has 2 aliphatic heterocycles. The van der Waals surface area contributed by atoms with Gasteiger partial charge in [-0.15, -0.1) is 0 Å². The molecule has 0 saturated carbocycles. The molecular formula is C25H27F3N4O3. The van der Waals surface area contributed by atoms with E-state index in [2.05, 4.69) is 15.3 Å². The molecule has 186 valence electrons. The van der Waals surface area contributed by atoms with Crippen molar-refractivity contribution in [3.63, 3.8) is 0 Å². The van der Waals surface area contributed by atoms with Crippen LogP contribution in [0.1, 0.15) is 48.8 Å². The summed E-state index contributed by atoms with van der Waals surface area (Å²) in [5.74, 6) is 2.32. The summed E-state index contributed by atoms with van der Waals surface area (Å²) in [5.41, 5.74) is 7.12. The van der Waals surface area contributed by atoms with E-state index in [0.29, 0.717) is 53.7 Å². The standard InChI is InChI=1S/C25H27F3N4O3/c1-12-6-19-22-20(10-21(23(19)34-12)35-18-4-5-33-11-18)24(32-14(3)31-22)30-13(2)15-7-16(25(26,27)28)9-17(29)8-15/h7-10,12-13,18H,4-6,11,29H2,1-3H3,(H,30,31,32)/t12?,13?,18-/m0/s1. The maximum absolute atomic E-state index is 13.3. The average Bonchev–Trinajstić information content (AvgIpc) is 3.43. The molecule has 2 aliphatic rings. The highest BCUT2D eigenvalue weighted by molar-refractivity contribution is 5.95. The van der Waals surface area contributed by atoms with Gasteiger partial charge in [-0.05, 0) is 50.6 Å². The van der Waals surface area contributed by atoms with Crippen molar-refractivity contribution in [2.24, 2.45) is 0 Å². The van der Waals surface area contributed by atoms with Crippen molar-refractivity contribution < 1.29 is 27.4 Å². The van der Waals surface area contributed by atoms with Crippen molar-refractivity contribution >= 4 is 22.4 Å². The summed E-state index contributed by atoms with van der Waals surface area (Å²) in [4.78, 5) is 9.26. The normalized spacial score (nSPS) is 20.5. The number of nitrogens with zero attached hydrogens (tertiary/aromatic N) is 2. The third-order valence-electron chi connectivity index (χ3n) is 6.27. The van der Waals surface area contributed by atoms with Crippen LogP contribution in [0, 0.1) is 6.92 Å². The van der Waals surface area contributed by atoms with Crippen LogP contribution < -0.4 is 20.5 Å². The third kappa shape index (κ3) is 4.67. The highest BCUT2D eigenvalue weighted by Gasteiger charge is 2.32. The summed E-state index contributed by atoms with van der Waals surface area (Å²) in [7, 11) is 0. The monoisotopic (exact) mass is 488 g/mol. The van der Waals surface area contributed by atoms with Crippen molar-refractivity contribution in [1.29, 1.82) is 0 Å². The number of aryl methyl sites for hydroxylation is 1. The van der Waals surface area contributed by atoms with Gasteiger partial charge in [-0.1, -0.05) is 0 Å². The molecule has 3 heterocycles. The highest BCUT2D eigenvalue weighted by Crippen LogP contribution is 2.45. The smallest absolute Gasteiger partial charge is 0.416 e. The molecule has 5 rings (SSSR count). The summed E-state index contributed by atoms with van der Waals surface area (Å²) in [5, 5.41) is 3.99. The molecule has 0 spiro atoms. The Balaban J connectivity index is 1.57. The van der Waals surface area contributed by atoms with Crippen molar-refractivity contribution in [2.75, 3.05) is 24.3 Å². The number of nitrogens with one attached hydrogen (secondary N) is 1. The van der Waals surface area contributed by atoms with Gasteiger partial charge < -0.3 is 25.3 Å². The summed E-state index contributed by atoms with van der Waals surface area (Å²) in [6, 6.07) is 4.91. The number of fused-ring (bicyclic) bond motifs is 3. The second-order valence-corrected chi connectivity index (χ2v) is 9.19. The highest BCUT2D eigenvalue weighted by atomic mass is 19.4. The lowest BCUT2D eigenvalue weighted by Gasteiger charge is -2.21. The number of alkyl halides is 3. The Morgan fingerprint density at radius 2 is 2.00 bits per heavy atom. The molecule has 1 aromatic heterocycles. The van der Waals surface area contributed by atoms with E-state index in [1.165, 1.54) is 6.07 Å². The molecule has 0 aliphatic carbocycles. The van der Waals surface area contributed by atoms with E-state index in [0.717, 1.165) is 29.6 Å². The number of anilines is 2. The predicted molar refractivity (Wildman–Crippen MR) is 126 cm³/mol. The number of rotatable bonds is 5. The predicted octanol–water partition coefficient (Wildman–Crippen LogP) is 5.20. The first-order valence-corrected chi connectivity index (χ1v) is 11.6. The lowest BCUT2D eigenvalue weighted by molar-refractivity contribution is -0.137. The Morgan fingerprint density at radius 3 is 2.71 bits per heavy atom. The van der Waals surface area contributed by atoms with E-state index < -0.39 is 17.8 Å². The number of aromatic nitrogens is 2. The minimum Gasteiger partial charge on any atom is -0.486 e. The van der Waals surface area contributed by atoms with E-state index in [-0.39, 0.29) is 17.9 Å². The molecule has 10 heteroatoms. The molecule has 2 aromatic carbocycles. The number of ether oxygens (including phenoxy) is 3. The molecule has 35 heavy (non-hydrogen) atoms. The lowest BCUT2D eigenvalue weighted by atomic mass is 10.0. The van der Waals surface area contributed by atoms with E-state index in [9.17, 15) is 13.2 Å². The molecule has 1 saturated heterocycles. The molecule has 0 radical (unpaired) electrons. The Hall–Kier alpha value is -3.27. The first-order valence-electron chi connectivity index (χ1n) is 11.6. The second kappa shape index (κ2) is 8.75. The van der Waals surface area contributed by atoms with Gasteiger partial charge in [0.05, 0.1) is 30.3 Å². The van der Waals surface area contributed by atoms with Gasteiger partial charge in [0.15, 0.2) is 11.5 Å². The van der Waals surface area contributed by atoms with Gasteiger partial charge in [-0.2, -0.15) is 13.2 Å². The Morgan fingerprint density at radius 1 is 1.20 bits per heavy atom. The van der Waals surface area contributed by atoms with Gasteiger partial charge in [-0.3, -0.25) is 0 Å². The number of nitrogens with two attached hydrogens (primary N) is 1. The van der Waals surface area contributed by atoms with Crippen molar-refractivity contribution in [3.05, 3.63) is 46.8 Å². The van der Waals surface area contributed by atoms with Crippen LogP contribution in [0.2, 0.25) is 0 Å². The summed E-state index contributed by atoms with van der Waals surface area (Å²) in [6.45, 7) is 6.69. The van der Waals surface area contributed by atoms with Crippen LogP contribution in [0.15, 0.2) is 24.3 Å². The number of halogens is 3. The number of hydrogen-bond acceptors (Lipinski definition) is 7. The van der Waals surface area contributed by atoms with Crippen molar-refractivity contribution in [1.82, 2.24) is 9.97 Å². The van der Waals surface area contributed by atoms with Gasteiger partial charge in [0.25, 0.3) is 0 Å². The van der Waals surface area contributed by atoms with Crippen LogP contribution in [-0.2, 0) is 17.3 Å². The fourth-order valence-corrected chi connectivity index (χ4v) is 4.61. The molecule has 2 unspecified atom stereocenters. The quantitative estimate of drug-likeness (QED) is 0.477. The van der Waals surface area contributed by atoms with Crippen LogP contribution in [0.5, 0.6) is 11.5 Å². The van der Waals surface area contributed by atoms with Crippen LogP contribution in [0.4, 0.5) is 24.7 Å². The summed E-state index contributed by atoms with van der Waals surface area (Å²) in [6.07, 6.45) is -3.15. The minimum absolute atomic E-state index is 0.0311. The molecular weight excluding hydrogens is 461 g/mol. The van der Waals surface area contributed by atoms with Crippen LogP contribution in [0.25, 0.3) is 10.9 Å².